The standard InChI is InChI=1S/C22H24N2O2/c1-5-14-22(21(2,3)4,17-6-10-19(11-7-17)25-15-23)18-8-12-20(13-9-18)26-16-24/h6-13H,5,14H2,1-4H3. The Bertz CT molecular complexity index is 744. The maximum Gasteiger partial charge on any atom is 0.292 e. The number of ether oxygens (including phenoxy) is 2. The monoisotopic (exact) mass is 348 g/mol. The van der Waals surface area contributed by atoms with E-state index in [1.54, 1.807) is 12.5 Å². The molecule has 0 amide bonds. The van der Waals surface area contributed by atoms with Crippen molar-refractivity contribution in [2.75, 3.05) is 0 Å². The average molecular weight is 348 g/mol. The van der Waals surface area contributed by atoms with Gasteiger partial charge in [-0.3, -0.25) is 0 Å². The third-order valence-corrected chi connectivity index (χ3v) is 4.93. The van der Waals surface area contributed by atoms with Crippen LogP contribution in [0.1, 0.15) is 51.7 Å². The molecule has 0 saturated heterocycles. The van der Waals surface area contributed by atoms with Crippen LogP contribution in [0.4, 0.5) is 0 Å². The molecule has 4 heteroatoms. The van der Waals surface area contributed by atoms with Crippen molar-refractivity contribution in [3.05, 3.63) is 59.7 Å². The first kappa shape index (κ1) is 19.3. The Balaban J connectivity index is 2.62. The van der Waals surface area contributed by atoms with Gasteiger partial charge < -0.3 is 9.47 Å². The molecule has 134 valence electrons. The van der Waals surface area contributed by atoms with E-state index in [1.165, 1.54) is 11.1 Å². The van der Waals surface area contributed by atoms with Gasteiger partial charge in [0.05, 0.1) is 0 Å². The summed E-state index contributed by atoms with van der Waals surface area (Å²) in [7, 11) is 0. The summed E-state index contributed by atoms with van der Waals surface area (Å²) in [4.78, 5) is 0. The lowest BCUT2D eigenvalue weighted by atomic mass is 9.57. The molecule has 0 bridgehead atoms. The zero-order valence-corrected chi connectivity index (χ0v) is 15.7. The Labute approximate surface area is 155 Å². The van der Waals surface area contributed by atoms with Gasteiger partial charge in [-0.2, -0.15) is 0 Å². The second-order valence-electron chi connectivity index (χ2n) is 7.34. The average Bonchev–Trinajstić information content (AvgIpc) is 2.61. The molecule has 4 nitrogen and oxygen atoms in total. The van der Waals surface area contributed by atoms with Crippen LogP contribution in [-0.4, -0.2) is 0 Å². The SMILES string of the molecule is CCCC(c1ccc(OC#N)cc1)(c1ccc(OC#N)cc1)C(C)(C)C. The van der Waals surface area contributed by atoms with Crippen LogP contribution < -0.4 is 9.47 Å². The first-order chi connectivity index (χ1) is 12.4. The summed E-state index contributed by atoms with van der Waals surface area (Å²) in [6, 6.07) is 15.5. The highest BCUT2D eigenvalue weighted by Crippen LogP contribution is 2.50. The fourth-order valence-corrected chi connectivity index (χ4v) is 3.79. The van der Waals surface area contributed by atoms with Crippen LogP contribution >= 0.6 is 0 Å². The molecule has 26 heavy (non-hydrogen) atoms. The topological polar surface area (TPSA) is 66.0 Å². The highest BCUT2D eigenvalue weighted by Gasteiger charge is 2.44. The van der Waals surface area contributed by atoms with E-state index >= 15 is 0 Å². The van der Waals surface area contributed by atoms with Crippen molar-refractivity contribution in [3.63, 3.8) is 0 Å². The molecule has 0 aliphatic heterocycles. The minimum Gasteiger partial charge on any atom is -0.388 e. The van der Waals surface area contributed by atoms with Crippen molar-refractivity contribution in [2.24, 2.45) is 5.41 Å². The van der Waals surface area contributed by atoms with E-state index in [0.29, 0.717) is 11.5 Å². The number of hydrogen-bond acceptors (Lipinski definition) is 4. The van der Waals surface area contributed by atoms with Crippen LogP contribution in [-0.2, 0) is 5.41 Å². The molecular weight excluding hydrogens is 324 g/mol. The zero-order chi connectivity index (χ0) is 19.2. The van der Waals surface area contributed by atoms with Crippen molar-refractivity contribution in [2.45, 2.75) is 46.0 Å². The van der Waals surface area contributed by atoms with E-state index in [1.807, 2.05) is 48.5 Å². The third kappa shape index (κ3) is 3.65. The maximum atomic E-state index is 8.70. The van der Waals surface area contributed by atoms with Gasteiger partial charge in [0.2, 0.25) is 0 Å². The largest absolute Gasteiger partial charge is 0.388 e. The lowest BCUT2D eigenvalue weighted by Gasteiger charge is -2.46. The minimum absolute atomic E-state index is 0.0573. The summed E-state index contributed by atoms with van der Waals surface area (Å²) < 4.78 is 9.85. The van der Waals surface area contributed by atoms with Gasteiger partial charge in [-0.15, -0.1) is 10.5 Å². The zero-order valence-electron chi connectivity index (χ0n) is 15.7. The number of nitrogens with zero attached hydrogens (tertiary/aromatic N) is 2. The Morgan fingerprint density at radius 1 is 0.769 bits per heavy atom. The van der Waals surface area contributed by atoms with Crippen LogP contribution in [0.2, 0.25) is 0 Å². The second-order valence-corrected chi connectivity index (χ2v) is 7.34. The quantitative estimate of drug-likeness (QED) is 0.643. The van der Waals surface area contributed by atoms with Crippen molar-refractivity contribution in [1.29, 1.82) is 10.5 Å². The van der Waals surface area contributed by atoms with Gasteiger partial charge >= 0.3 is 0 Å². The molecular formula is C22H24N2O2. The smallest absolute Gasteiger partial charge is 0.292 e. The van der Waals surface area contributed by atoms with Crippen LogP contribution in [0.15, 0.2) is 48.5 Å². The van der Waals surface area contributed by atoms with Crippen molar-refractivity contribution in [3.8, 4) is 24.0 Å². The van der Waals surface area contributed by atoms with Gasteiger partial charge in [-0.1, -0.05) is 58.4 Å². The number of hydrogen-bond donors (Lipinski definition) is 0. The third-order valence-electron chi connectivity index (χ3n) is 4.93. The van der Waals surface area contributed by atoms with Crippen LogP contribution in [0.5, 0.6) is 11.5 Å². The molecule has 0 spiro atoms. The van der Waals surface area contributed by atoms with Crippen LogP contribution in [0, 0.1) is 28.4 Å². The molecule has 0 N–H and O–H groups in total. The number of nitriles is 2. The molecule has 0 unspecified atom stereocenters. The Morgan fingerprint density at radius 3 is 1.42 bits per heavy atom. The first-order valence-corrected chi connectivity index (χ1v) is 8.72. The van der Waals surface area contributed by atoms with Gasteiger partial charge in [0, 0.05) is 5.41 Å². The predicted molar refractivity (Wildman–Crippen MR) is 101 cm³/mol. The maximum absolute atomic E-state index is 8.70. The van der Waals surface area contributed by atoms with E-state index in [-0.39, 0.29) is 10.8 Å². The summed E-state index contributed by atoms with van der Waals surface area (Å²) in [5.74, 6) is 1.07. The molecule has 0 fully saturated rings. The molecule has 2 rings (SSSR count). The summed E-state index contributed by atoms with van der Waals surface area (Å²) in [6.07, 6.45) is 5.40. The summed E-state index contributed by atoms with van der Waals surface area (Å²) >= 11 is 0. The Morgan fingerprint density at radius 2 is 1.15 bits per heavy atom. The molecule has 0 aliphatic carbocycles. The first-order valence-electron chi connectivity index (χ1n) is 8.72. The molecule has 2 aromatic carbocycles. The fourth-order valence-electron chi connectivity index (χ4n) is 3.79. The second kappa shape index (κ2) is 7.93. The minimum atomic E-state index is -0.224. The Hall–Kier alpha value is -2.98. The fraction of sp³-hybridized carbons (Fsp3) is 0.364. The number of benzene rings is 2. The van der Waals surface area contributed by atoms with Gasteiger partial charge in [0.15, 0.2) is 0 Å². The predicted octanol–water partition coefficient (Wildman–Crippen LogP) is 5.54. The highest BCUT2D eigenvalue weighted by molar-refractivity contribution is 5.45. The molecule has 0 heterocycles. The summed E-state index contributed by atoms with van der Waals surface area (Å²) in [5.41, 5.74) is 2.06. The van der Waals surface area contributed by atoms with Gasteiger partial charge in [0.1, 0.15) is 11.5 Å². The van der Waals surface area contributed by atoms with Crippen molar-refractivity contribution < 1.29 is 9.47 Å². The summed E-state index contributed by atoms with van der Waals surface area (Å²) in [5, 5.41) is 17.4. The molecule has 0 atom stereocenters. The molecule has 0 radical (unpaired) electrons. The lowest BCUT2D eigenvalue weighted by molar-refractivity contribution is 0.211. The van der Waals surface area contributed by atoms with Crippen LogP contribution in [0.25, 0.3) is 0 Å². The van der Waals surface area contributed by atoms with Gasteiger partial charge in [0.25, 0.3) is 12.5 Å². The lowest BCUT2D eigenvalue weighted by Crippen LogP contribution is -2.41. The van der Waals surface area contributed by atoms with E-state index in [4.69, 9.17) is 20.0 Å². The van der Waals surface area contributed by atoms with E-state index in [9.17, 15) is 0 Å². The molecule has 2 aromatic rings. The van der Waals surface area contributed by atoms with E-state index in [2.05, 4.69) is 27.7 Å². The van der Waals surface area contributed by atoms with Gasteiger partial charge in [-0.25, -0.2) is 0 Å². The van der Waals surface area contributed by atoms with Crippen molar-refractivity contribution in [1.82, 2.24) is 0 Å². The van der Waals surface area contributed by atoms with Crippen LogP contribution in [0.3, 0.4) is 0 Å². The number of rotatable bonds is 6. The molecule has 0 aliphatic rings. The normalized spacial score (nSPS) is 11.3. The Kier molecular flexibility index (Phi) is 5.90. The van der Waals surface area contributed by atoms with Crippen molar-refractivity contribution >= 4 is 0 Å². The summed E-state index contributed by atoms with van der Waals surface area (Å²) in [6.45, 7) is 8.90. The van der Waals surface area contributed by atoms with Gasteiger partial charge in [-0.05, 0) is 47.2 Å². The molecule has 0 saturated carbocycles. The molecule has 0 aromatic heterocycles. The van der Waals surface area contributed by atoms with E-state index < -0.39 is 0 Å². The van der Waals surface area contributed by atoms with E-state index in [0.717, 1.165) is 12.8 Å². The highest BCUT2D eigenvalue weighted by atomic mass is 16.5.